The van der Waals surface area contributed by atoms with E-state index < -0.39 is 17.8 Å². The maximum atomic E-state index is 13.8. The van der Waals surface area contributed by atoms with Gasteiger partial charge in [-0.1, -0.05) is 18.2 Å². The number of hydrogen-bond donors (Lipinski definition) is 3. The van der Waals surface area contributed by atoms with Gasteiger partial charge >= 0.3 is 6.03 Å². The number of anilines is 3. The number of hydrogen-bond acceptors (Lipinski definition) is 5. The highest BCUT2D eigenvalue weighted by molar-refractivity contribution is 9.10. The summed E-state index contributed by atoms with van der Waals surface area (Å²) in [7, 11) is 0. The van der Waals surface area contributed by atoms with Crippen molar-refractivity contribution in [3.8, 4) is 0 Å². The van der Waals surface area contributed by atoms with Crippen molar-refractivity contribution < 1.29 is 14.0 Å². The standard InChI is InChI=1S/C22H15BrFN5O2/c23-17-9-7-14(10-18(17)24)27-20-16-8-6-15(11-19(16)25-12-26-20)28-22(31)29-21(30)13-4-2-1-3-5-13/h1-12H,(H,25,26,27)(H2,28,29,30,31). The van der Waals surface area contributed by atoms with Crippen LogP contribution in [0, 0.1) is 5.82 Å². The van der Waals surface area contributed by atoms with Gasteiger partial charge in [0.05, 0.1) is 9.99 Å². The molecule has 0 aliphatic carbocycles. The predicted molar refractivity (Wildman–Crippen MR) is 120 cm³/mol. The van der Waals surface area contributed by atoms with E-state index in [2.05, 4.69) is 41.8 Å². The Balaban J connectivity index is 1.50. The van der Waals surface area contributed by atoms with Crippen molar-refractivity contribution in [1.29, 1.82) is 0 Å². The number of urea groups is 1. The Hall–Kier alpha value is -3.85. The molecule has 4 rings (SSSR count). The highest BCUT2D eigenvalue weighted by Gasteiger charge is 2.11. The number of aromatic nitrogens is 2. The molecule has 0 saturated heterocycles. The van der Waals surface area contributed by atoms with E-state index in [1.165, 1.54) is 12.4 Å². The first-order chi connectivity index (χ1) is 15.0. The second-order valence-corrected chi connectivity index (χ2v) is 7.34. The summed E-state index contributed by atoms with van der Waals surface area (Å²) in [5, 5.41) is 8.63. The summed E-state index contributed by atoms with van der Waals surface area (Å²) in [5.74, 6) is -0.415. The fourth-order valence-corrected chi connectivity index (χ4v) is 3.12. The van der Waals surface area contributed by atoms with Crippen molar-refractivity contribution in [1.82, 2.24) is 15.3 Å². The lowest BCUT2D eigenvalue weighted by atomic mass is 10.2. The first-order valence-corrected chi connectivity index (χ1v) is 9.93. The van der Waals surface area contributed by atoms with Crippen LogP contribution >= 0.6 is 15.9 Å². The van der Waals surface area contributed by atoms with Crippen LogP contribution in [0.1, 0.15) is 10.4 Å². The lowest BCUT2D eigenvalue weighted by molar-refractivity contribution is 0.0967. The van der Waals surface area contributed by atoms with E-state index >= 15 is 0 Å². The lowest BCUT2D eigenvalue weighted by Crippen LogP contribution is -2.34. The molecule has 1 aromatic heterocycles. The van der Waals surface area contributed by atoms with E-state index in [4.69, 9.17) is 0 Å². The number of benzene rings is 3. The summed E-state index contributed by atoms with van der Waals surface area (Å²) < 4.78 is 14.1. The van der Waals surface area contributed by atoms with Gasteiger partial charge in [-0.3, -0.25) is 10.1 Å². The summed E-state index contributed by atoms with van der Waals surface area (Å²) in [4.78, 5) is 32.7. The second kappa shape index (κ2) is 8.88. The number of halogens is 2. The topological polar surface area (TPSA) is 96.0 Å². The van der Waals surface area contributed by atoms with Crippen LogP contribution in [0.15, 0.2) is 77.5 Å². The zero-order valence-corrected chi connectivity index (χ0v) is 17.5. The predicted octanol–water partition coefficient (Wildman–Crippen LogP) is 5.24. The van der Waals surface area contributed by atoms with E-state index in [-0.39, 0.29) is 0 Å². The van der Waals surface area contributed by atoms with Gasteiger partial charge in [0.1, 0.15) is 18.0 Å². The molecule has 0 saturated carbocycles. The third-order valence-corrected chi connectivity index (χ3v) is 4.98. The van der Waals surface area contributed by atoms with Crippen molar-refractivity contribution in [2.24, 2.45) is 0 Å². The van der Waals surface area contributed by atoms with Crippen LogP contribution in [0.25, 0.3) is 10.9 Å². The Kier molecular flexibility index (Phi) is 5.85. The van der Waals surface area contributed by atoms with Crippen LogP contribution in [-0.4, -0.2) is 21.9 Å². The molecule has 0 radical (unpaired) electrons. The SMILES string of the molecule is O=C(NC(=O)c1ccccc1)Nc1ccc2c(Nc3ccc(Br)c(F)c3)ncnc2c1. The molecule has 0 bridgehead atoms. The number of carbonyl (C=O) groups excluding carboxylic acids is 2. The smallest absolute Gasteiger partial charge is 0.326 e. The van der Waals surface area contributed by atoms with Crippen molar-refractivity contribution >= 4 is 56.0 Å². The Bertz CT molecular complexity index is 1280. The highest BCUT2D eigenvalue weighted by Crippen LogP contribution is 2.27. The van der Waals surface area contributed by atoms with Crippen LogP contribution in [-0.2, 0) is 0 Å². The fraction of sp³-hybridized carbons (Fsp3) is 0. The number of fused-ring (bicyclic) bond motifs is 1. The van der Waals surface area contributed by atoms with Crippen LogP contribution in [0.3, 0.4) is 0 Å². The average Bonchev–Trinajstić information content (AvgIpc) is 2.77. The molecular weight excluding hydrogens is 465 g/mol. The number of rotatable bonds is 4. The number of nitrogens with zero attached hydrogens (tertiary/aromatic N) is 2. The number of imide groups is 1. The van der Waals surface area contributed by atoms with Crippen molar-refractivity contribution in [2.45, 2.75) is 0 Å². The van der Waals surface area contributed by atoms with Gasteiger partial charge in [-0.25, -0.2) is 19.2 Å². The molecule has 3 amide bonds. The van der Waals surface area contributed by atoms with Gasteiger partial charge in [-0.15, -0.1) is 0 Å². The highest BCUT2D eigenvalue weighted by atomic mass is 79.9. The molecule has 3 N–H and O–H groups in total. The van der Waals surface area contributed by atoms with E-state index in [0.29, 0.717) is 38.1 Å². The Morgan fingerprint density at radius 1 is 0.903 bits per heavy atom. The molecule has 4 aromatic rings. The number of carbonyl (C=O) groups is 2. The molecule has 9 heteroatoms. The van der Waals surface area contributed by atoms with Crippen LogP contribution in [0.5, 0.6) is 0 Å². The third kappa shape index (κ3) is 4.84. The molecule has 0 fully saturated rings. The van der Waals surface area contributed by atoms with Crippen molar-refractivity contribution in [2.75, 3.05) is 10.6 Å². The molecule has 7 nitrogen and oxygen atoms in total. The molecule has 0 unspecified atom stereocenters. The zero-order chi connectivity index (χ0) is 21.8. The minimum Gasteiger partial charge on any atom is -0.340 e. The first kappa shape index (κ1) is 20.4. The Morgan fingerprint density at radius 3 is 2.45 bits per heavy atom. The molecule has 31 heavy (non-hydrogen) atoms. The van der Waals surface area contributed by atoms with Crippen LogP contribution in [0.2, 0.25) is 0 Å². The van der Waals surface area contributed by atoms with E-state index in [1.54, 1.807) is 60.7 Å². The van der Waals surface area contributed by atoms with Gasteiger partial charge in [0, 0.05) is 22.3 Å². The Morgan fingerprint density at radius 2 is 1.68 bits per heavy atom. The average molecular weight is 480 g/mol. The lowest BCUT2D eigenvalue weighted by Gasteiger charge is -2.11. The summed E-state index contributed by atoms with van der Waals surface area (Å²) in [6, 6.07) is 17.5. The summed E-state index contributed by atoms with van der Waals surface area (Å²) in [5.41, 5.74) is 1.91. The van der Waals surface area contributed by atoms with E-state index in [0.717, 1.165) is 0 Å². The van der Waals surface area contributed by atoms with Gasteiger partial charge in [0.2, 0.25) is 0 Å². The maximum absolute atomic E-state index is 13.8. The van der Waals surface area contributed by atoms with Gasteiger partial charge in [-0.05, 0) is 64.5 Å². The van der Waals surface area contributed by atoms with E-state index in [1.807, 2.05) is 0 Å². The molecule has 3 aromatic carbocycles. The van der Waals surface area contributed by atoms with Crippen molar-refractivity contribution in [3.63, 3.8) is 0 Å². The third-order valence-electron chi connectivity index (χ3n) is 4.34. The minimum absolute atomic E-state index is 0.366. The molecule has 0 atom stereocenters. The molecule has 1 heterocycles. The van der Waals surface area contributed by atoms with Gasteiger partial charge in [0.15, 0.2) is 0 Å². The normalized spacial score (nSPS) is 10.5. The quantitative estimate of drug-likeness (QED) is 0.372. The number of amides is 3. The fourth-order valence-electron chi connectivity index (χ4n) is 2.87. The van der Waals surface area contributed by atoms with E-state index in [9.17, 15) is 14.0 Å². The first-order valence-electron chi connectivity index (χ1n) is 9.14. The second-order valence-electron chi connectivity index (χ2n) is 6.48. The largest absolute Gasteiger partial charge is 0.340 e. The van der Waals surface area contributed by atoms with Crippen LogP contribution < -0.4 is 16.0 Å². The minimum atomic E-state index is -0.661. The monoisotopic (exact) mass is 479 g/mol. The molecule has 0 aliphatic rings. The van der Waals surface area contributed by atoms with Gasteiger partial charge < -0.3 is 10.6 Å². The molecular formula is C22H15BrFN5O2. The molecule has 0 spiro atoms. The summed E-state index contributed by atoms with van der Waals surface area (Å²) in [6.45, 7) is 0. The van der Waals surface area contributed by atoms with Crippen molar-refractivity contribution in [3.05, 3.63) is 88.9 Å². The van der Waals surface area contributed by atoms with Gasteiger partial charge in [-0.2, -0.15) is 0 Å². The Labute approximate surface area is 184 Å². The summed E-state index contributed by atoms with van der Waals surface area (Å²) >= 11 is 3.12. The zero-order valence-electron chi connectivity index (χ0n) is 15.9. The van der Waals surface area contributed by atoms with Gasteiger partial charge in [0.25, 0.3) is 5.91 Å². The molecule has 0 aliphatic heterocycles. The molecule has 154 valence electrons. The maximum Gasteiger partial charge on any atom is 0.326 e. The van der Waals surface area contributed by atoms with Crippen LogP contribution in [0.4, 0.5) is 26.4 Å². The summed E-state index contributed by atoms with van der Waals surface area (Å²) in [6.07, 6.45) is 1.36. The number of nitrogens with one attached hydrogen (secondary N) is 3.